The van der Waals surface area contributed by atoms with Gasteiger partial charge in [0.15, 0.2) is 0 Å². The van der Waals surface area contributed by atoms with Crippen LogP contribution in [0, 0.1) is 32.9 Å². The van der Waals surface area contributed by atoms with Crippen molar-refractivity contribution >= 4 is 0 Å². The summed E-state index contributed by atoms with van der Waals surface area (Å²) >= 11 is -1.10. The van der Waals surface area contributed by atoms with Crippen molar-refractivity contribution in [2.24, 2.45) is 0 Å². The molecule has 7 heavy (non-hydrogen) atoms. The summed E-state index contributed by atoms with van der Waals surface area (Å²) in [6.45, 7) is 5.65. The summed E-state index contributed by atoms with van der Waals surface area (Å²) in [5.41, 5.74) is 0. The second kappa shape index (κ2) is 7.11. The molecule has 0 fully saturated rings. The second-order valence-electron chi connectivity index (χ2n) is 1.01. The molecule has 0 radical (unpaired) electrons. The summed E-state index contributed by atoms with van der Waals surface area (Å²) in [6, 6.07) is 0. The maximum atomic E-state index is 5.06. The Morgan fingerprint density at radius 2 is 1.57 bits per heavy atom. The van der Waals surface area contributed by atoms with Gasteiger partial charge in [-0.3, -0.25) is 0 Å². The fourth-order valence-corrected chi connectivity index (χ4v) is 1.34. The first-order chi connectivity index (χ1) is 3.41. The molecule has 2 nitrogen and oxygen atoms in total. The molecule has 0 unspecified atom stereocenters. The van der Waals surface area contributed by atoms with E-state index in [2.05, 4.69) is 0 Å². The van der Waals surface area contributed by atoms with Crippen molar-refractivity contribution in [1.82, 2.24) is 0 Å². The Morgan fingerprint density at radius 3 is 1.86 bits per heavy atom. The molecule has 0 heterocycles. The number of rotatable bonds is 4. The molecule has 0 atom stereocenters. The van der Waals surface area contributed by atoms with Gasteiger partial charge in [-0.15, -0.1) is 0 Å². The molecular formula is C4H10LaO2. The molecule has 0 aliphatic heterocycles. The molecule has 3 heteroatoms. The average molecular weight is 229 g/mol. The summed E-state index contributed by atoms with van der Waals surface area (Å²) in [5.74, 6) is 0. The molecule has 0 bridgehead atoms. The SMILES string of the molecule is CC[O][La][O]CC. The predicted octanol–water partition coefficient (Wildman–Crippen LogP) is 0.974. The predicted molar refractivity (Wildman–Crippen MR) is 23.3 cm³/mol. The summed E-state index contributed by atoms with van der Waals surface area (Å²) in [6.07, 6.45) is 0. The third-order valence-electron chi connectivity index (χ3n) is 0.469. The van der Waals surface area contributed by atoms with Crippen LogP contribution in [0.2, 0.25) is 0 Å². The van der Waals surface area contributed by atoms with Crippen molar-refractivity contribution in [2.45, 2.75) is 13.8 Å². The average Bonchev–Trinajstić information content (AvgIpc) is 1.69. The van der Waals surface area contributed by atoms with E-state index in [1.54, 1.807) is 0 Å². The zero-order chi connectivity index (χ0) is 5.54. The van der Waals surface area contributed by atoms with Gasteiger partial charge in [-0.2, -0.15) is 0 Å². The van der Waals surface area contributed by atoms with Gasteiger partial charge < -0.3 is 0 Å². The van der Waals surface area contributed by atoms with Gasteiger partial charge in [0, 0.05) is 0 Å². The van der Waals surface area contributed by atoms with E-state index < -0.39 is 32.9 Å². The van der Waals surface area contributed by atoms with Crippen LogP contribution >= 0.6 is 0 Å². The molecule has 0 aliphatic carbocycles. The van der Waals surface area contributed by atoms with Crippen LogP contribution in [0.5, 0.6) is 0 Å². The number of hydrogen-bond donors (Lipinski definition) is 0. The topological polar surface area (TPSA) is 18.5 Å². The molecule has 0 spiro atoms. The maximum absolute atomic E-state index is 5.06. The van der Waals surface area contributed by atoms with Crippen molar-refractivity contribution in [3.05, 3.63) is 0 Å². The molecule has 0 aliphatic rings. The van der Waals surface area contributed by atoms with Crippen LogP contribution in [0.25, 0.3) is 0 Å². The van der Waals surface area contributed by atoms with Crippen molar-refractivity contribution in [3.63, 3.8) is 0 Å². The van der Waals surface area contributed by atoms with Crippen molar-refractivity contribution in [1.29, 1.82) is 0 Å². The Labute approximate surface area is 63.1 Å². The van der Waals surface area contributed by atoms with E-state index in [9.17, 15) is 0 Å². The number of hydrogen-bond acceptors (Lipinski definition) is 2. The zero-order valence-electron chi connectivity index (χ0n) is 4.81. The van der Waals surface area contributed by atoms with Crippen LogP contribution in [-0.4, -0.2) is 13.2 Å². The van der Waals surface area contributed by atoms with E-state index in [1.165, 1.54) is 0 Å². The summed E-state index contributed by atoms with van der Waals surface area (Å²) in [5, 5.41) is 0. The third kappa shape index (κ3) is 7.11. The van der Waals surface area contributed by atoms with Crippen LogP contribution in [0.1, 0.15) is 13.8 Å². The summed E-state index contributed by atoms with van der Waals surface area (Å²) < 4.78 is 10.1. The van der Waals surface area contributed by atoms with Crippen molar-refractivity contribution < 1.29 is 36.4 Å². The van der Waals surface area contributed by atoms with Gasteiger partial charge in [0.25, 0.3) is 0 Å². The van der Waals surface area contributed by atoms with Gasteiger partial charge in [0.2, 0.25) is 0 Å². The second-order valence-corrected chi connectivity index (χ2v) is 3.70. The minimum atomic E-state index is -1.10. The first-order valence-electron chi connectivity index (χ1n) is 2.46. The van der Waals surface area contributed by atoms with E-state index in [0.29, 0.717) is 0 Å². The van der Waals surface area contributed by atoms with Gasteiger partial charge in [-0.05, 0) is 0 Å². The van der Waals surface area contributed by atoms with Gasteiger partial charge in [0.05, 0.1) is 0 Å². The van der Waals surface area contributed by atoms with Crippen LogP contribution in [0.3, 0.4) is 0 Å². The van der Waals surface area contributed by atoms with E-state index in [-0.39, 0.29) is 0 Å². The Kier molecular flexibility index (Phi) is 8.25. The van der Waals surface area contributed by atoms with Crippen molar-refractivity contribution in [3.8, 4) is 0 Å². The Morgan fingerprint density at radius 1 is 1.14 bits per heavy atom. The molecule has 0 N–H and O–H groups in total. The first-order valence-corrected chi connectivity index (χ1v) is 5.42. The van der Waals surface area contributed by atoms with Crippen LogP contribution in [0.15, 0.2) is 0 Å². The van der Waals surface area contributed by atoms with Crippen LogP contribution in [0.4, 0.5) is 0 Å². The molecule has 0 aromatic heterocycles. The van der Waals surface area contributed by atoms with Crippen LogP contribution < -0.4 is 0 Å². The van der Waals surface area contributed by atoms with Gasteiger partial charge in [-0.25, -0.2) is 0 Å². The minimum absolute atomic E-state index is 0.829. The monoisotopic (exact) mass is 229 g/mol. The molecule has 0 aromatic rings. The fraction of sp³-hybridized carbons (Fsp3) is 1.00. The Hall–Kier alpha value is 1.11. The van der Waals surface area contributed by atoms with Gasteiger partial charge >= 0.3 is 63.4 Å². The molecular weight excluding hydrogens is 219 g/mol. The normalized spacial score (nSPS) is 8.29. The quantitative estimate of drug-likeness (QED) is 0.669. The van der Waals surface area contributed by atoms with Gasteiger partial charge in [-0.1, -0.05) is 0 Å². The van der Waals surface area contributed by atoms with Crippen LogP contribution in [-0.2, 0) is 3.41 Å². The van der Waals surface area contributed by atoms with E-state index >= 15 is 0 Å². The van der Waals surface area contributed by atoms with E-state index in [1.807, 2.05) is 13.8 Å². The fourth-order valence-electron chi connectivity index (χ4n) is 0.184. The molecule has 0 saturated carbocycles. The summed E-state index contributed by atoms with van der Waals surface area (Å²) in [7, 11) is 0. The third-order valence-corrected chi connectivity index (χ3v) is 3.42. The van der Waals surface area contributed by atoms with Crippen molar-refractivity contribution in [2.75, 3.05) is 13.2 Å². The van der Waals surface area contributed by atoms with E-state index in [0.717, 1.165) is 13.2 Å². The molecule has 0 aromatic carbocycles. The summed E-state index contributed by atoms with van der Waals surface area (Å²) in [4.78, 5) is 0. The van der Waals surface area contributed by atoms with Gasteiger partial charge in [0.1, 0.15) is 0 Å². The molecule has 0 rings (SSSR count). The molecule has 0 saturated heterocycles. The standard InChI is InChI=1S/2C2H5O.La/c2*1-2-3;/h2*2H2,1H3;/q2*-1;+2. The Bertz CT molecular complexity index is 28.9. The zero-order valence-corrected chi connectivity index (χ0v) is 8.43. The Balaban J connectivity index is 2.45. The first kappa shape index (κ1) is 8.11. The molecule has 41 valence electrons. The van der Waals surface area contributed by atoms with E-state index in [4.69, 9.17) is 3.41 Å². The molecule has 0 amide bonds.